The van der Waals surface area contributed by atoms with E-state index in [1.54, 1.807) is 0 Å². The summed E-state index contributed by atoms with van der Waals surface area (Å²) in [6.07, 6.45) is 10.5. The predicted octanol–water partition coefficient (Wildman–Crippen LogP) is 2.82. The van der Waals surface area contributed by atoms with Crippen molar-refractivity contribution in [1.29, 1.82) is 0 Å². The highest BCUT2D eigenvalue weighted by atomic mass is 16.2. The lowest BCUT2D eigenvalue weighted by Gasteiger charge is -2.32. The molecule has 3 rings (SSSR count). The number of hydrogen-bond acceptors (Lipinski definition) is 4. The predicted molar refractivity (Wildman–Crippen MR) is 130 cm³/mol. The van der Waals surface area contributed by atoms with Crippen molar-refractivity contribution in [3.05, 3.63) is 33.4 Å². The molecule has 1 aromatic carbocycles. The molecule has 8 nitrogen and oxygen atoms in total. The molecule has 1 aromatic rings. The summed E-state index contributed by atoms with van der Waals surface area (Å²) in [6.45, 7) is 0. The molecule has 0 aromatic heterocycles. The van der Waals surface area contributed by atoms with Crippen LogP contribution >= 0.6 is 0 Å². The number of hydrogen-bond donors (Lipinski definition) is 4. The van der Waals surface area contributed by atoms with Gasteiger partial charge in [-0.15, -0.1) is 0 Å². The highest BCUT2D eigenvalue weighted by molar-refractivity contribution is 6.04. The minimum Gasteiger partial charge on any atom is -0.370 e. The molecule has 0 saturated heterocycles. The quantitative estimate of drug-likeness (QED) is 0.457. The zero-order valence-corrected chi connectivity index (χ0v) is 20.0. The first kappa shape index (κ1) is 25.7. The van der Waals surface area contributed by atoms with Crippen LogP contribution in [-0.4, -0.2) is 23.6 Å². The summed E-state index contributed by atoms with van der Waals surface area (Å²) >= 11 is 0. The Morgan fingerprint density at radius 2 is 1.29 bits per heavy atom. The Labute approximate surface area is 201 Å². The van der Waals surface area contributed by atoms with Crippen molar-refractivity contribution in [3.63, 3.8) is 0 Å². The maximum Gasteiger partial charge on any atom is 0.249 e. The molecular formula is C26H38N4O4. The molecule has 4 amide bonds. The molecule has 34 heavy (non-hydrogen) atoms. The van der Waals surface area contributed by atoms with E-state index in [-0.39, 0.29) is 12.3 Å². The number of fused-ring (bicyclic) bond motifs is 2. The fraction of sp³-hybridized carbons (Fsp3) is 0.615. The van der Waals surface area contributed by atoms with Crippen LogP contribution < -0.4 is 22.9 Å². The number of amides is 4. The summed E-state index contributed by atoms with van der Waals surface area (Å²) in [6, 6.07) is 0. The second-order valence-electron chi connectivity index (χ2n) is 9.83. The number of primary amides is 4. The third kappa shape index (κ3) is 5.59. The number of nitrogens with two attached hydrogens (primary N) is 4. The van der Waals surface area contributed by atoms with Crippen LogP contribution in [-0.2, 0) is 22.4 Å². The van der Waals surface area contributed by atoms with Crippen molar-refractivity contribution in [2.75, 3.05) is 0 Å². The largest absolute Gasteiger partial charge is 0.370 e. The molecule has 2 unspecified atom stereocenters. The van der Waals surface area contributed by atoms with Crippen LogP contribution in [0.5, 0.6) is 0 Å². The van der Waals surface area contributed by atoms with Gasteiger partial charge < -0.3 is 22.9 Å². The van der Waals surface area contributed by atoms with E-state index >= 15 is 0 Å². The van der Waals surface area contributed by atoms with E-state index in [4.69, 9.17) is 22.9 Å². The average Bonchev–Trinajstić information content (AvgIpc) is 2.81. The van der Waals surface area contributed by atoms with Gasteiger partial charge in [-0.2, -0.15) is 0 Å². The molecule has 3 bridgehead atoms. The monoisotopic (exact) mass is 470 g/mol. The molecule has 0 saturated carbocycles. The molecule has 0 fully saturated rings. The van der Waals surface area contributed by atoms with E-state index in [9.17, 15) is 19.2 Å². The van der Waals surface area contributed by atoms with Crippen molar-refractivity contribution in [1.82, 2.24) is 0 Å². The fourth-order valence-electron chi connectivity index (χ4n) is 6.07. The molecule has 2 aliphatic rings. The van der Waals surface area contributed by atoms with Crippen LogP contribution in [0.2, 0.25) is 0 Å². The van der Waals surface area contributed by atoms with Gasteiger partial charge >= 0.3 is 0 Å². The summed E-state index contributed by atoms with van der Waals surface area (Å²) in [5.74, 6) is -2.90. The van der Waals surface area contributed by atoms with Gasteiger partial charge in [0.25, 0.3) is 0 Å². The molecule has 0 spiro atoms. The Kier molecular flexibility index (Phi) is 8.69. The molecule has 0 radical (unpaired) electrons. The van der Waals surface area contributed by atoms with Crippen molar-refractivity contribution in [2.45, 2.75) is 102 Å². The van der Waals surface area contributed by atoms with E-state index in [1.807, 2.05) is 0 Å². The first-order valence-corrected chi connectivity index (χ1v) is 12.6. The molecule has 186 valence electrons. The van der Waals surface area contributed by atoms with Crippen LogP contribution in [0.4, 0.5) is 0 Å². The lowest BCUT2D eigenvalue weighted by atomic mass is 9.71. The van der Waals surface area contributed by atoms with Gasteiger partial charge in [-0.1, -0.05) is 32.1 Å². The van der Waals surface area contributed by atoms with Gasteiger partial charge in [-0.25, -0.2) is 0 Å². The zero-order valence-electron chi connectivity index (χ0n) is 20.0. The van der Waals surface area contributed by atoms with Crippen LogP contribution in [0, 0.1) is 0 Å². The fourth-order valence-corrected chi connectivity index (χ4v) is 6.07. The lowest BCUT2D eigenvalue weighted by Crippen LogP contribution is -2.31. The van der Waals surface area contributed by atoms with Crippen LogP contribution in [0.3, 0.4) is 0 Å². The van der Waals surface area contributed by atoms with Gasteiger partial charge in [-0.3, -0.25) is 19.2 Å². The molecule has 2 aliphatic carbocycles. The van der Waals surface area contributed by atoms with E-state index in [0.717, 1.165) is 68.9 Å². The second-order valence-corrected chi connectivity index (χ2v) is 9.83. The first-order chi connectivity index (χ1) is 16.2. The smallest absolute Gasteiger partial charge is 0.249 e. The number of carbonyl (C=O) groups is 4. The van der Waals surface area contributed by atoms with Gasteiger partial charge in [0.1, 0.15) is 0 Å². The molecule has 2 atom stereocenters. The molecule has 0 heterocycles. The Morgan fingerprint density at radius 1 is 0.735 bits per heavy atom. The normalized spacial score (nSPS) is 19.4. The summed E-state index contributed by atoms with van der Waals surface area (Å²) < 4.78 is 0. The topological polar surface area (TPSA) is 172 Å². The van der Waals surface area contributed by atoms with E-state index in [0.29, 0.717) is 47.9 Å². The third-order valence-corrected chi connectivity index (χ3v) is 7.51. The standard InChI is InChI=1S/C26H38N4O4/c27-19(31)14-8-13-18(24(28)32)21-16-11-6-2-1-4-9-15-10-5-3-7-12-17(22(16)25(29)33)23(20(15)21)26(30)34/h15,18H,1-14H2,(H2,27,31)(H2,28,32)(H2,29,33)(H2,30,34). The summed E-state index contributed by atoms with van der Waals surface area (Å²) in [4.78, 5) is 50.0. The maximum absolute atomic E-state index is 13.0. The molecule has 8 N–H and O–H groups in total. The number of carbonyl (C=O) groups excluding carboxylic acids is 4. The Morgan fingerprint density at radius 3 is 1.85 bits per heavy atom. The van der Waals surface area contributed by atoms with Crippen LogP contribution in [0.25, 0.3) is 0 Å². The Hall–Kier alpha value is -2.90. The molecular weight excluding hydrogens is 432 g/mol. The SMILES string of the molecule is NC(=O)CCCC(C(N)=O)c1c2c(C(N)=O)c3c(C(N)=O)c1C(CCCCCC2)CCCCC3. The number of rotatable bonds is 8. The van der Waals surface area contributed by atoms with Crippen LogP contribution in [0.15, 0.2) is 0 Å². The first-order valence-electron chi connectivity index (χ1n) is 12.6. The summed E-state index contributed by atoms with van der Waals surface area (Å²) in [7, 11) is 0. The van der Waals surface area contributed by atoms with Gasteiger partial charge in [0.15, 0.2) is 0 Å². The minimum absolute atomic E-state index is 0.0473. The summed E-state index contributed by atoms with van der Waals surface area (Å²) in [5, 5.41) is 0. The second kappa shape index (κ2) is 11.5. The number of benzene rings is 1. The van der Waals surface area contributed by atoms with Crippen molar-refractivity contribution in [2.24, 2.45) is 22.9 Å². The minimum atomic E-state index is -0.753. The van der Waals surface area contributed by atoms with Gasteiger partial charge in [0.2, 0.25) is 23.6 Å². The van der Waals surface area contributed by atoms with E-state index in [2.05, 4.69) is 0 Å². The summed E-state index contributed by atoms with van der Waals surface area (Å²) in [5.41, 5.74) is 26.7. The van der Waals surface area contributed by atoms with Gasteiger partial charge in [0, 0.05) is 17.5 Å². The molecule has 0 aliphatic heterocycles. The van der Waals surface area contributed by atoms with Crippen molar-refractivity contribution >= 4 is 23.6 Å². The highest BCUT2D eigenvalue weighted by Gasteiger charge is 2.36. The van der Waals surface area contributed by atoms with E-state index in [1.165, 1.54) is 0 Å². The van der Waals surface area contributed by atoms with E-state index < -0.39 is 29.5 Å². The van der Waals surface area contributed by atoms with Crippen molar-refractivity contribution < 1.29 is 19.2 Å². The Balaban J connectivity index is 2.40. The maximum atomic E-state index is 13.0. The Bertz CT molecular complexity index is 972. The van der Waals surface area contributed by atoms with Gasteiger partial charge in [0.05, 0.1) is 5.92 Å². The molecule has 8 heteroatoms. The van der Waals surface area contributed by atoms with Crippen molar-refractivity contribution in [3.8, 4) is 0 Å². The third-order valence-electron chi connectivity index (χ3n) is 7.51. The zero-order chi connectivity index (χ0) is 24.8. The lowest BCUT2D eigenvalue weighted by molar-refractivity contribution is -0.121. The van der Waals surface area contributed by atoms with Crippen LogP contribution in [0.1, 0.15) is 132 Å². The average molecular weight is 471 g/mol. The highest BCUT2D eigenvalue weighted by Crippen LogP contribution is 2.45. The van der Waals surface area contributed by atoms with Gasteiger partial charge in [-0.05, 0) is 79.5 Å².